The smallest absolute Gasteiger partial charge is 0.232 e. The molecule has 1 amide bonds. The maximum Gasteiger partial charge on any atom is 0.232 e. The van der Waals surface area contributed by atoms with Crippen molar-refractivity contribution in [3.63, 3.8) is 0 Å². The van der Waals surface area contributed by atoms with E-state index in [0.717, 1.165) is 36.4 Å². The van der Waals surface area contributed by atoms with Gasteiger partial charge in [-0.05, 0) is 23.3 Å². The van der Waals surface area contributed by atoms with Gasteiger partial charge >= 0.3 is 0 Å². The highest BCUT2D eigenvalue weighted by Gasteiger charge is 2.54. The van der Waals surface area contributed by atoms with Crippen LogP contribution in [0.25, 0.3) is 0 Å². The fourth-order valence-electron chi connectivity index (χ4n) is 3.90. The van der Waals surface area contributed by atoms with Crippen LogP contribution in [0, 0.1) is 0 Å². The number of ether oxygens (including phenoxy) is 1. The van der Waals surface area contributed by atoms with Gasteiger partial charge in [0.25, 0.3) is 0 Å². The molecule has 0 radical (unpaired) electrons. The summed E-state index contributed by atoms with van der Waals surface area (Å²) >= 11 is 0. The van der Waals surface area contributed by atoms with E-state index in [9.17, 15) is 4.79 Å². The average molecular weight is 308 g/mol. The van der Waals surface area contributed by atoms with Gasteiger partial charge in [-0.2, -0.15) is 0 Å². The molecule has 0 spiro atoms. The molecule has 2 atom stereocenters. The highest BCUT2D eigenvalue weighted by molar-refractivity contribution is 5.87. The molecule has 2 aliphatic rings. The zero-order chi connectivity index (χ0) is 15.9. The zero-order valence-electron chi connectivity index (χ0n) is 13.2. The Morgan fingerprint density at radius 1 is 1.13 bits per heavy atom. The van der Waals surface area contributed by atoms with Crippen LogP contribution in [0.3, 0.4) is 0 Å². The third kappa shape index (κ3) is 2.13. The van der Waals surface area contributed by atoms with E-state index < -0.39 is 0 Å². The molecule has 4 heteroatoms. The summed E-state index contributed by atoms with van der Waals surface area (Å²) in [5.41, 5.74) is 1.84. The molecule has 2 saturated heterocycles. The minimum atomic E-state index is -0.385. The first-order chi connectivity index (χ1) is 11.2. The number of rotatable bonds is 3. The number of amides is 1. The Bertz CT molecular complexity index is 714. The van der Waals surface area contributed by atoms with E-state index in [1.807, 2.05) is 47.4 Å². The van der Waals surface area contributed by atoms with Crippen molar-refractivity contribution in [1.29, 1.82) is 0 Å². The van der Waals surface area contributed by atoms with Gasteiger partial charge in [-0.25, -0.2) is 0 Å². The largest absolute Gasteiger partial charge is 0.497 e. The SMILES string of the molecule is COc1ccc(C23CC(c4ccccc4)C(=O)N2CCN3)cc1. The molecular formula is C19H20N2O2. The molecule has 4 rings (SSSR count). The summed E-state index contributed by atoms with van der Waals surface area (Å²) < 4.78 is 5.25. The summed E-state index contributed by atoms with van der Waals surface area (Å²) in [7, 11) is 1.66. The average Bonchev–Trinajstić information content (AvgIpc) is 3.15. The summed E-state index contributed by atoms with van der Waals surface area (Å²) in [6, 6.07) is 18.1. The Kier molecular flexibility index (Phi) is 3.34. The lowest BCUT2D eigenvalue weighted by atomic mass is 9.89. The van der Waals surface area contributed by atoms with Gasteiger partial charge in [0.1, 0.15) is 11.4 Å². The topological polar surface area (TPSA) is 41.6 Å². The van der Waals surface area contributed by atoms with Crippen LogP contribution in [0.5, 0.6) is 5.75 Å². The summed E-state index contributed by atoms with van der Waals surface area (Å²) in [4.78, 5) is 15.0. The number of fused-ring (bicyclic) bond motifs is 1. The van der Waals surface area contributed by atoms with E-state index in [1.54, 1.807) is 7.11 Å². The number of hydrogen-bond acceptors (Lipinski definition) is 3. The molecule has 0 saturated carbocycles. The van der Waals surface area contributed by atoms with E-state index in [-0.39, 0.29) is 17.5 Å². The second-order valence-electron chi connectivity index (χ2n) is 6.17. The van der Waals surface area contributed by atoms with Gasteiger partial charge in [0.15, 0.2) is 0 Å². The molecular weight excluding hydrogens is 288 g/mol. The number of benzene rings is 2. The lowest BCUT2D eigenvalue weighted by Gasteiger charge is -2.32. The third-order valence-electron chi connectivity index (χ3n) is 5.05. The fraction of sp³-hybridized carbons (Fsp3) is 0.316. The Morgan fingerprint density at radius 3 is 2.57 bits per heavy atom. The Hall–Kier alpha value is -2.33. The summed E-state index contributed by atoms with van der Waals surface area (Å²) in [6.45, 7) is 1.59. The van der Waals surface area contributed by atoms with Gasteiger partial charge in [-0.1, -0.05) is 42.5 Å². The second kappa shape index (κ2) is 5.39. The van der Waals surface area contributed by atoms with Crippen LogP contribution in [0.4, 0.5) is 0 Å². The summed E-state index contributed by atoms with van der Waals surface area (Å²) in [6.07, 6.45) is 0.766. The lowest BCUT2D eigenvalue weighted by Crippen LogP contribution is -2.45. The summed E-state index contributed by atoms with van der Waals surface area (Å²) in [5.74, 6) is 0.974. The normalized spacial score (nSPS) is 26.4. The Morgan fingerprint density at radius 2 is 1.87 bits per heavy atom. The van der Waals surface area contributed by atoms with Crippen molar-refractivity contribution in [1.82, 2.24) is 10.2 Å². The second-order valence-corrected chi connectivity index (χ2v) is 6.17. The van der Waals surface area contributed by atoms with Crippen molar-refractivity contribution in [2.45, 2.75) is 18.0 Å². The van der Waals surface area contributed by atoms with Crippen molar-refractivity contribution in [2.24, 2.45) is 0 Å². The third-order valence-corrected chi connectivity index (χ3v) is 5.05. The van der Waals surface area contributed by atoms with Crippen molar-refractivity contribution in [3.05, 3.63) is 65.7 Å². The first-order valence-corrected chi connectivity index (χ1v) is 8.00. The van der Waals surface area contributed by atoms with Crippen molar-refractivity contribution >= 4 is 5.91 Å². The summed E-state index contributed by atoms with van der Waals surface area (Å²) in [5, 5.41) is 3.58. The predicted molar refractivity (Wildman–Crippen MR) is 88.2 cm³/mol. The maximum absolute atomic E-state index is 13.0. The Labute approximate surface area is 136 Å². The molecule has 118 valence electrons. The molecule has 0 aliphatic carbocycles. The van der Waals surface area contributed by atoms with Crippen LogP contribution in [-0.2, 0) is 10.5 Å². The number of nitrogens with one attached hydrogen (secondary N) is 1. The minimum absolute atomic E-state index is 0.0777. The minimum Gasteiger partial charge on any atom is -0.497 e. The Balaban J connectivity index is 1.73. The van der Waals surface area contributed by atoms with Gasteiger partial charge in [-0.15, -0.1) is 0 Å². The van der Waals surface area contributed by atoms with Gasteiger partial charge in [-0.3, -0.25) is 10.1 Å². The molecule has 1 N–H and O–H groups in total. The van der Waals surface area contributed by atoms with Crippen LogP contribution in [-0.4, -0.2) is 31.0 Å². The maximum atomic E-state index is 13.0. The highest BCUT2D eigenvalue weighted by Crippen LogP contribution is 2.46. The first-order valence-electron chi connectivity index (χ1n) is 8.00. The molecule has 2 aromatic rings. The standard InChI is InChI=1S/C19H20N2O2/c1-23-16-9-7-15(8-10-16)19-13-17(14-5-3-2-4-6-14)18(22)21(19)12-11-20-19/h2-10,17,20H,11-13H2,1H3. The van der Waals surface area contributed by atoms with Crippen molar-refractivity contribution in [2.75, 3.05) is 20.2 Å². The van der Waals surface area contributed by atoms with Gasteiger partial charge in [0, 0.05) is 19.5 Å². The molecule has 4 nitrogen and oxygen atoms in total. The molecule has 2 heterocycles. The first kappa shape index (κ1) is 14.3. The van der Waals surface area contributed by atoms with E-state index in [4.69, 9.17) is 4.74 Å². The van der Waals surface area contributed by atoms with Crippen LogP contribution < -0.4 is 10.1 Å². The van der Waals surface area contributed by atoms with Crippen molar-refractivity contribution in [3.8, 4) is 5.75 Å². The lowest BCUT2D eigenvalue weighted by molar-refractivity contribution is -0.131. The number of methoxy groups -OCH3 is 1. The van der Waals surface area contributed by atoms with Gasteiger partial charge in [0.2, 0.25) is 5.91 Å². The van der Waals surface area contributed by atoms with E-state index in [2.05, 4.69) is 17.4 Å². The van der Waals surface area contributed by atoms with Crippen molar-refractivity contribution < 1.29 is 9.53 Å². The monoisotopic (exact) mass is 308 g/mol. The number of nitrogens with zero attached hydrogens (tertiary/aromatic N) is 1. The molecule has 23 heavy (non-hydrogen) atoms. The zero-order valence-corrected chi connectivity index (χ0v) is 13.2. The number of carbonyl (C=O) groups is 1. The van der Waals surface area contributed by atoms with Crippen LogP contribution in [0.15, 0.2) is 54.6 Å². The van der Waals surface area contributed by atoms with Gasteiger partial charge < -0.3 is 9.64 Å². The molecule has 2 fully saturated rings. The number of hydrogen-bond donors (Lipinski definition) is 1. The van der Waals surface area contributed by atoms with Crippen LogP contribution >= 0.6 is 0 Å². The van der Waals surface area contributed by atoms with Gasteiger partial charge in [0.05, 0.1) is 13.0 Å². The molecule has 0 aromatic heterocycles. The van der Waals surface area contributed by atoms with Crippen LogP contribution in [0.1, 0.15) is 23.5 Å². The van der Waals surface area contributed by atoms with Crippen LogP contribution in [0.2, 0.25) is 0 Å². The van der Waals surface area contributed by atoms with E-state index in [1.165, 1.54) is 0 Å². The fourth-order valence-corrected chi connectivity index (χ4v) is 3.90. The quantitative estimate of drug-likeness (QED) is 0.947. The molecule has 2 aromatic carbocycles. The van der Waals surface area contributed by atoms with E-state index >= 15 is 0 Å². The highest BCUT2D eigenvalue weighted by atomic mass is 16.5. The van der Waals surface area contributed by atoms with E-state index in [0.29, 0.717) is 0 Å². The number of carbonyl (C=O) groups excluding carboxylic acids is 1. The molecule has 2 aliphatic heterocycles. The predicted octanol–water partition coefficient (Wildman–Crippen LogP) is 2.47. The molecule has 0 bridgehead atoms. The molecule has 2 unspecified atom stereocenters.